The fourth-order valence-electron chi connectivity index (χ4n) is 5.70. The zero-order chi connectivity index (χ0) is 46.6. The molecule has 1 aliphatic rings. The van der Waals surface area contributed by atoms with Crippen LogP contribution in [0.2, 0.25) is 0 Å². The van der Waals surface area contributed by atoms with Gasteiger partial charge in [-0.15, -0.1) is 0 Å². The molecule has 0 aromatic rings. The van der Waals surface area contributed by atoms with E-state index >= 15 is 0 Å². The lowest BCUT2D eigenvalue weighted by Gasteiger charge is -2.38. The lowest BCUT2D eigenvalue weighted by atomic mass is 9.86. The minimum Gasteiger partial charge on any atom is -0.800 e. The average Bonchev–Trinajstić information content (AvgIpc) is 3.25. The summed E-state index contributed by atoms with van der Waals surface area (Å²) in [5.41, 5.74) is -0.324. The van der Waals surface area contributed by atoms with Crippen LogP contribution in [0.4, 0.5) is 0 Å². The van der Waals surface area contributed by atoms with Crippen molar-refractivity contribution in [3.05, 3.63) is 0 Å². The Hall–Kier alpha value is -2.44. The topological polar surface area (TPSA) is 252 Å². The summed E-state index contributed by atoms with van der Waals surface area (Å²) in [7, 11) is 4.73. The van der Waals surface area contributed by atoms with Crippen LogP contribution in [0.1, 0.15) is 52.4 Å². The van der Waals surface area contributed by atoms with Crippen molar-refractivity contribution >= 4 is 47.8 Å². The second kappa shape index (κ2) is 37.7. The molecule has 23 heteroatoms. The number of nitrogens with one attached hydrogen (secondary N) is 4. The van der Waals surface area contributed by atoms with Gasteiger partial charge < -0.3 is 78.2 Å². The molecule has 63 heavy (non-hydrogen) atoms. The molecule has 5 amide bonds. The predicted molar refractivity (Wildman–Crippen MR) is 234 cm³/mol. The lowest BCUT2D eigenvalue weighted by molar-refractivity contribution is -0.189. The second-order valence-corrected chi connectivity index (χ2v) is 18.6. The van der Waals surface area contributed by atoms with E-state index in [4.69, 9.17) is 59.0 Å². The predicted octanol–water partition coefficient (Wildman–Crippen LogP) is -0.879. The van der Waals surface area contributed by atoms with Crippen molar-refractivity contribution in [1.82, 2.24) is 26.2 Å². The van der Waals surface area contributed by atoms with Crippen molar-refractivity contribution in [1.29, 1.82) is 0 Å². The van der Waals surface area contributed by atoms with E-state index in [2.05, 4.69) is 21.3 Å². The smallest absolute Gasteiger partial charge is 0.247 e. The van der Waals surface area contributed by atoms with E-state index in [0.717, 1.165) is 4.90 Å². The molecule has 0 aromatic heterocycles. The van der Waals surface area contributed by atoms with Crippen LogP contribution in [0.25, 0.3) is 0 Å². The number of nitrogens with zero attached hydrogens (tertiary/aromatic N) is 1. The molecule has 0 aliphatic heterocycles. The Balaban J connectivity index is 3.02. The first-order valence-corrected chi connectivity index (χ1v) is 24.4. The number of methoxy groups -OCH3 is 3. The summed E-state index contributed by atoms with van der Waals surface area (Å²) in [6.45, 7) is 4.38. The van der Waals surface area contributed by atoms with Crippen molar-refractivity contribution in [2.75, 3.05) is 153 Å². The van der Waals surface area contributed by atoms with Crippen molar-refractivity contribution < 1.29 is 76.0 Å². The van der Waals surface area contributed by atoms with Gasteiger partial charge in [0.2, 0.25) is 29.5 Å². The van der Waals surface area contributed by atoms with Crippen molar-refractivity contribution in [3.8, 4) is 0 Å². The highest BCUT2D eigenvalue weighted by Crippen LogP contribution is 2.46. The first-order chi connectivity index (χ1) is 30.3. The molecule has 1 aliphatic carbocycles. The molecule has 0 spiro atoms. The first kappa shape index (κ1) is 58.6. The van der Waals surface area contributed by atoms with E-state index in [-0.39, 0.29) is 51.0 Å². The molecule has 1 fully saturated rings. The highest BCUT2D eigenvalue weighted by atomic mass is 32.5. The Bertz CT molecular complexity index is 1260. The number of hydrogen-bond acceptors (Lipinski definition) is 17. The van der Waals surface area contributed by atoms with Crippen molar-refractivity contribution in [2.45, 2.75) is 70.2 Å². The number of rotatable bonds is 40. The maximum atomic E-state index is 14.3. The van der Waals surface area contributed by atoms with Crippen LogP contribution in [-0.4, -0.2) is 205 Å². The number of carbonyl (C=O) groups excluding carboxylic acids is 5. The summed E-state index contributed by atoms with van der Waals surface area (Å²) >= 11 is 5.20. The van der Waals surface area contributed by atoms with E-state index in [1.807, 2.05) is 0 Å². The third kappa shape index (κ3) is 30.4. The first-order valence-electron chi connectivity index (χ1n) is 21.7. The molecular formula is C40H75N5O16PS-. The summed E-state index contributed by atoms with van der Waals surface area (Å²) < 4.78 is 53.1. The molecule has 0 heterocycles. The average molecular weight is 945 g/mol. The highest BCUT2D eigenvalue weighted by molar-refractivity contribution is 8.09. The van der Waals surface area contributed by atoms with Gasteiger partial charge in [-0.25, -0.2) is 0 Å². The molecular weight excluding hydrogens is 869 g/mol. The van der Waals surface area contributed by atoms with Gasteiger partial charge in [-0.3, -0.25) is 24.0 Å². The third-order valence-corrected chi connectivity index (χ3v) is 12.7. The third-order valence-electron chi connectivity index (χ3n) is 9.31. The van der Waals surface area contributed by atoms with Gasteiger partial charge in [-0.1, -0.05) is 25.7 Å². The summed E-state index contributed by atoms with van der Waals surface area (Å²) in [6, 6.07) is -1.34. The Labute approximate surface area is 378 Å². The van der Waals surface area contributed by atoms with E-state index in [0.29, 0.717) is 118 Å². The molecule has 2 unspecified atom stereocenters. The van der Waals surface area contributed by atoms with Crippen LogP contribution >= 0.6 is 6.49 Å². The van der Waals surface area contributed by atoms with Crippen LogP contribution < -0.4 is 26.2 Å². The monoisotopic (exact) mass is 944 g/mol. The van der Waals surface area contributed by atoms with E-state index in [1.54, 1.807) is 35.2 Å². The number of ether oxygens (including phenoxy) is 9. The molecule has 0 radical (unpaired) electrons. The quantitative estimate of drug-likeness (QED) is 0.0430. The van der Waals surface area contributed by atoms with Crippen LogP contribution in [0.5, 0.6) is 0 Å². The van der Waals surface area contributed by atoms with Gasteiger partial charge in [0.1, 0.15) is 19.1 Å². The van der Waals surface area contributed by atoms with Gasteiger partial charge in [0.05, 0.1) is 98.6 Å². The van der Waals surface area contributed by atoms with Gasteiger partial charge in [-0.2, -0.15) is 0 Å². The molecule has 21 nitrogen and oxygen atoms in total. The lowest BCUT2D eigenvalue weighted by Crippen LogP contribution is -2.57. The van der Waals surface area contributed by atoms with Gasteiger partial charge in [0.15, 0.2) is 0 Å². The molecule has 4 N–H and O–H groups in total. The zero-order valence-corrected chi connectivity index (χ0v) is 39.7. The Kier molecular flexibility index (Phi) is 35.1. The standard InChI is InChI=1S/C40H76N5O16PS/c1-32(2)62(51,63)61-34-10-8-33(9-11-34)39(49)44-35(29-43-36(46)7-6-14-55-23-26-58-20-17-52-3)40(50)45(30-37(47)41-12-15-56-24-27-59-21-18-53-4)31-38(48)42-13-16-57-25-28-60-22-19-54-5/h32-35H,6-31H2,1-5H3,(H,41,47)(H,42,48)(H,43,46)(H,44,49)(H,51,63)/p-1. The minimum absolute atomic E-state index is 0.0731. The fourth-order valence-corrected chi connectivity index (χ4v) is 6.93. The molecule has 368 valence electrons. The maximum absolute atomic E-state index is 14.3. The summed E-state index contributed by atoms with van der Waals surface area (Å²) in [4.78, 5) is 81.1. The number of hydrogen-bond donors (Lipinski definition) is 4. The van der Waals surface area contributed by atoms with Gasteiger partial charge in [-0.05, 0) is 44.3 Å². The van der Waals surface area contributed by atoms with Gasteiger partial charge in [0.25, 0.3) is 0 Å². The normalized spacial score (nSPS) is 16.6. The van der Waals surface area contributed by atoms with Gasteiger partial charge >= 0.3 is 0 Å². The summed E-state index contributed by atoms with van der Waals surface area (Å²) in [5.74, 6) is -3.29. The Morgan fingerprint density at radius 2 is 1.05 bits per heavy atom. The maximum Gasteiger partial charge on any atom is 0.247 e. The van der Waals surface area contributed by atoms with Crippen LogP contribution in [0.15, 0.2) is 0 Å². The fraction of sp³-hybridized carbons (Fsp3) is 0.875. The van der Waals surface area contributed by atoms with E-state index < -0.39 is 61.1 Å². The number of amides is 5. The zero-order valence-electron chi connectivity index (χ0n) is 38.0. The summed E-state index contributed by atoms with van der Waals surface area (Å²) in [5, 5.41) is 10.9. The minimum atomic E-state index is -3.24. The van der Waals surface area contributed by atoms with E-state index in [1.165, 1.54) is 0 Å². The Morgan fingerprint density at radius 3 is 1.49 bits per heavy atom. The van der Waals surface area contributed by atoms with Crippen LogP contribution in [-0.2, 0) is 82.9 Å². The highest BCUT2D eigenvalue weighted by Gasteiger charge is 2.33. The molecule has 2 atom stereocenters. The Morgan fingerprint density at radius 1 is 0.619 bits per heavy atom. The van der Waals surface area contributed by atoms with Crippen molar-refractivity contribution in [2.24, 2.45) is 5.92 Å². The SMILES string of the molecule is COCCOCCOCCCC(=O)NCC(NC(=O)C1CCC(OP([O-])(=S)C(C)C)CC1)C(=O)N(CC(=O)NCCOCCOCCOC)CC(=O)NCCOCCOCCOC. The summed E-state index contributed by atoms with van der Waals surface area (Å²) in [6.07, 6.45) is 1.72. The second-order valence-electron chi connectivity index (χ2n) is 14.7. The largest absolute Gasteiger partial charge is 0.800 e. The molecule has 1 saturated carbocycles. The molecule has 1 rings (SSSR count). The van der Waals surface area contributed by atoms with Crippen molar-refractivity contribution in [3.63, 3.8) is 0 Å². The van der Waals surface area contributed by atoms with E-state index in [9.17, 15) is 28.9 Å². The molecule has 0 bridgehead atoms. The van der Waals surface area contributed by atoms with Crippen LogP contribution in [0.3, 0.4) is 0 Å². The van der Waals surface area contributed by atoms with Gasteiger partial charge in [0, 0.05) is 59.9 Å². The molecule has 0 saturated heterocycles. The number of carbonyl (C=O) groups is 5. The molecule has 0 aromatic carbocycles. The van der Waals surface area contributed by atoms with Crippen LogP contribution in [0, 0.1) is 5.92 Å².